The van der Waals surface area contributed by atoms with E-state index in [9.17, 15) is 0 Å². The van der Waals surface area contributed by atoms with E-state index >= 15 is 0 Å². The molecule has 1 aromatic carbocycles. The van der Waals surface area contributed by atoms with Gasteiger partial charge in [0, 0.05) is 6.04 Å². The third-order valence-corrected chi connectivity index (χ3v) is 3.47. The molecule has 0 atom stereocenters. The standard InChI is InChI=1S/C16H25N/c1-13(2)17-12-4-3-5-14-6-8-15(9-7-14)16-10-11-16/h6-9,13,16-17H,3-5,10-12H2,1-2H3. The number of benzene rings is 1. The molecule has 0 bridgehead atoms. The second-order valence-electron chi connectivity index (χ2n) is 5.58. The molecule has 1 fully saturated rings. The van der Waals surface area contributed by atoms with Crippen LogP contribution in [0.1, 0.15) is 56.6 Å². The van der Waals surface area contributed by atoms with E-state index in [0.717, 1.165) is 12.5 Å². The minimum atomic E-state index is 0.618. The predicted octanol–water partition coefficient (Wildman–Crippen LogP) is 3.88. The summed E-state index contributed by atoms with van der Waals surface area (Å²) < 4.78 is 0. The highest BCUT2D eigenvalue weighted by Gasteiger charge is 2.22. The van der Waals surface area contributed by atoms with Gasteiger partial charge in [0.15, 0.2) is 0 Å². The molecule has 1 saturated carbocycles. The number of unbranched alkanes of at least 4 members (excludes halogenated alkanes) is 1. The normalized spacial score (nSPS) is 15.5. The van der Waals surface area contributed by atoms with Gasteiger partial charge < -0.3 is 5.32 Å². The lowest BCUT2D eigenvalue weighted by Gasteiger charge is -2.07. The molecular weight excluding hydrogens is 206 g/mol. The average molecular weight is 231 g/mol. The van der Waals surface area contributed by atoms with Crippen molar-refractivity contribution in [2.75, 3.05) is 6.54 Å². The van der Waals surface area contributed by atoms with Gasteiger partial charge in [0.25, 0.3) is 0 Å². The highest BCUT2D eigenvalue weighted by atomic mass is 14.9. The van der Waals surface area contributed by atoms with Crippen LogP contribution in [0, 0.1) is 0 Å². The van der Waals surface area contributed by atoms with Gasteiger partial charge in [-0.15, -0.1) is 0 Å². The van der Waals surface area contributed by atoms with Crippen molar-refractivity contribution < 1.29 is 0 Å². The molecule has 1 aliphatic rings. The van der Waals surface area contributed by atoms with Crippen molar-refractivity contribution in [3.63, 3.8) is 0 Å². The Morgan fingerprint density at radius 2 is 1.82 bits per heavy atom. The lowest BCUT2D eigenvalue weighted by atomic mass is 10.0. The second-order valence-corrected chi connectivity index (χ2v) is 5.58. The largest absolute Gasteiger partial charge is 0.315 e. The molecule has 1 N–H and O–H groups in total. The predicted molar refractivity (Wildman–Crippen MR) is 74.5 cm³/mol. The van der Waals surface area contributed by atoms with Gasteiger partial charge in [0.05, 0.1) is 0 Å². The van der Waals surface area contributed by atoms with Crippen molar-refractivity contribution in [3.05, 3.63) is 35.4 Å². The zero-order valence-corrected chi connectivity index (χ0v) is 11.2. The van der Waals surface area contributed by atoms with E-state index in [2.05, 4.69) is 43.4 Å². The van der Waals surface area contributed by atoms with Gasteiger partial charge in [-0.05, 0) is 55.7 Å². The van der Waals surface area contributed by atoms with Crippen LogP contribution >= 0.6 is 0 Å². The summed E-state index contributed by atoms with van der Waals surface area (Å²) in [6.07, 6.45) is 6.61. The fourth-order valence-corrected chi connectivity index (χ4v) is 2.22. The van der Waals surface area contributed by atoms with Gasteiger partial charge in [-0.25, -0.2) is 0 Å². The summed E-state index contributed by atoms with van der Waals surface area (Å²) in [5.41, 5.74) is 3.05. The van der Waals surface area contributed by atoms with Crippen LogP contribution in [-0.2, 0) is 6.42 Å². The van der Waals surface area contributed by atoms with Crippen LogP contribution in [0.25, 0.3) is 0 Å². The van der Waals surface area contributed by atoms with E-state index in [4.69, 9.17) is 0 Å². The SMILES string of the molecule is CC(C)NCCCCc1ccc(C2CC2)cc1. The Morgan fingerprint density at radius 3 is 2.41 bits per heavy atom. The molecule has 0 spiro atoms. The quantitative estimate of drug-likeness (QED) is 0.702. The average Bonchev–Trinajstić information content (AvgIpc) is 3.13. The second kappa shape index (κ2) is 6.20. The van der Waals surface area contributed by atoms with Gasteiger partial charge in [-0.1, -0.05) is 38.1 Å². The van der Waals surface area contributed by atoms with Crippen LogP contribution in [0.2, 0.25) is 0 Å². The molecular formula is C16H25N. The number of hydrogen-bond acceptors (Lipinski definition) is 1. The van der Waals surface area contributed by atoms with Gasteiger partial charge in [-0.3, -0.25) is 0 Å². The minimum absolute atomic E-state index is 0.618. The highest BCUT2D eigenvalue weighted by molar-refractivity contribution is 5.28. The third-order valence-electron chi connectivity index (χ3n) is 3.47. The zero-order chi connectivity index (χ0) is 12.1. The summed E-state index contributed by atoms with van der Waals surface area (Å²) >= 11 is 0. The first-order valence-corrected chi connectivity index (χ1v) is 7.08. The van der Waals surface area contributed by atoms with Crippen molar-refractivity contribution >= 4 is 0 Å². The van der Waals surface area contributed by atoms with Crippen molar-refractivity contribution in [1.82, 2.24) is 5.32 Å². The Labute approximate surface area is 106 Å². The zero-order valence-electron chi connectivity index (χ0n) is 11.2. The van der Waals surface area contributed by atoms with Crippen molar-refractivity contribution in [3.8, 4) is 0 Å². The Morgan fingerprint density at radius 1 is 1.12 bits per heavy atom. The molecule has 94 valence electrons. The summed E-state index contributed by atoms with van der Waals surface area (Å²) in [6, 6.07) is 9.93. The van der Waals surface area contributed by atoms with Gasteiger partial charge in [-0.2, -0.15) is 0 Å². The molecule has 0 heterocycles. The Hall–Kier alpha value is -0.820. The third kappa shape index (κ3) is 4.51. The molecule has 0 aliphatic heterocycles. The molecule has 17 heavy (non-hydrogen) atoms. The fourth-order valence-electron chi connectivity index (χ4n) is 2.22. The first-order valence-electron chi connectivity index (χ1n) is 7.08. The molecule has 1 aliphatic carbocycles. The van der Waals surface area contributed by atoms with E-state index in [0.29, 0.717) is 6.04 Å². The molecule has 0 radical (unpaired) electrons. The van der Waals surface area contributed by atoms with Gasteiger partial charge in [0.1, 0.15) is 0 Å². The van der Waals surface area contributed by atoms with Crippen LogP contribution in [0.3, 0.4) is 0 Å². The van der Waals surface area contributed by atoms with Gasteiger partial charge in [0.2, 0.25) is 0 Å². The summed E-state index contributed by atoms with van der Waals surface area (Å²) in [4.78, 5) is 0. The molecule has 2 rings (SSSR count). The molecule has 1 heteroatoms. The molecule has 0 amide bonds. The van der Waals surface area contributed by atoms with Crippen molar-refractivity contribution in [2.24, 2.45) is 0 Å². The summed E-state index contributed by atoms with van der Waals surface area (Å²) in [6.45, 7) is 5.56. The molecule has 0 unspecified atom stereocenters. The van der Waals surface area contributed by atoms with Crippen LogP contribution in [0.15, 0.2) is 24.3 Å². The number of hydrogen-bond donors (Lipinski definition) is 1. The van der Waals surface area contributed by atoms with E-state index in [1.165, 1.54) is 37.7 Å². The van der Waals surface area contributed by atoms with E-state index < -0.39 is 0 Å². The van der Waals surface area contributed by atoms with Crippen LogP contribution in [0.5, 0.6) is 0 Å². The molecule has 1 nitrogen and oxygen atoms in total. The van der Waals surface area contributed by atoms with Gasteiger partial charge >= 0.3 is 0 Å². The molecule has 1 aromatic rings. The maximum atomic E-state index is 3.46. The van der Waals surface area contributed by atoms with Crippen molar-refractivity contribution in [1.29, 1.82) is 0 Å². The van der Waals surface area contributed by atoms with Crippen LogP contribution < -0.4 is 5.32 Å². The van der Waals surface area contributed by atoms with Crippen molar-refractivity contribution in [2.45, 2.75) is 57.9 Å². The number of nitrogens with one attached hydrogen (secondary N) is 1. The fraction of sp³-hybridized carbons (Fsp3) is 0.625. The molecule has 0 saturated heterocycles. The lowest BCUT2D eigenvalue weighted by molar-refractivity contribution is 0.557. The van der Waals surface area contributed by atoms with E-state index in [1.54, 1.807) is 5.56 Å². The minimum Gasteiger partial charge on any atom is -0.315 e. The first-order chi connectivity index (χ1) is 8.25. The topological polar surface area (TPSA) is 12.0 Å². The Kier molecular flexibility index (Phi) is 4.61. The number of rotatable bonds is 7. The smallest absolute Gasteiger partial charge is 0.00103 e. The maximum absolute atomic E-state index is 3.46. The highest BCUT2D eigenvalue weighted by Crippen LogP contribution is 2.39. The van der Waals surface area contributed by atoms with E-state index in [1.807, 2.05) is 0 Å². The molecule has 0 aromatic heterocycles. The van der Waals surface area contributed by atoms with Crippen LogP contribution in [0.4, 0.5) is 0 Å². The lowest BCUT2D eigenvalue weighted by Crippen LogP contribution is -2.23. The summed E-state index contributed by atoms with van der Waals surface area (Å²) in [7, 11) is 0. The Bertz CT molecular complexity index is 322. The van der Waals surface area contributed by atoms with E-state index in [-0.39, 0.29) is 0 Å². The summed E-state index contributed by atoms with van der Waals surface area (Å²) in [5, 5.41) is 3.46. The van der Waals surface area contributed by atoms with Crippen LogP contribution in [-0.4, -0.2) is 12.6 Å². The first kappa shape index (κ1) is 12.6. The summed E-state index contributed by atoms with van der Waals surface area (Å²) in [5.74, 6) is 0.888. The number of aryl methyl sites for hydroxylation is 1. The maximum Gasteiger partial charge on any atom is 0.00103 e. The Balaban J connectivity index is 1.64. The monoisotopic (exact) mass is 231 g/mol.